The van der Waals surface area contributed by atoms with Crippen LogP contribution < -0.4 is 5.32 Å². The zero-order valence-electron chi connectivity index (χ0n) is 16.2. The molecule has 3 atom stereocenters. The summed E-state index contributed by atoms with van der Waals surface area (Å²) in [5.74, 6) is 1.18. The number of hydrogen-bond donors (Lipinski definition) is 1. The summed E-state index contributed by atoms with van der Waals surface area (Å²) in [6.07, 6.45) is 5.66. The van der Waals surface area contributed by atoms with Gasteiger partial charge < -0.3 is 10.2 Å². The summed E-state index contributed by atoms with van der Waals surface area (Å²) in [5, 5.41) is 3.69. The molecule has 0 aliphatic carbocycles. The fraction of sp³-hybridized carbons (Fsp3) is 0.458. The topological polar surface area (TPSA) is 32.3 Å². The highest BCUT2D eigenvalue weighted by atomic mass is 35.5. The first-order valence-corrected chi connectivity index (χ1v) is 10.4. The third-order valence-electron chi connectivity index (χ3n) is 6.78. The van der Waals surface area contributed by atoms with E-state index in [1.165, 1.54) is 42.4 Å². The number of fused-ring (bicyclic) bond motifs is 3. The molecule has 0 aromatic heterocycles. The van der Waals surface area contributed by atoms with Crippen molar-refractivity contribution < 1.29 is 4.79 Å². The normalized spacial score (nSPS) is 28.4. The van der Waals surface area contributed by atoms with Crippen LogP contribution in [0.25, 0.3) is 0 Å². The van der Waals surface area contributed by atoms with E-state index in [4.69, 9.17) is 0 Å². The van der Waals surface area contributed by atoms with Gasteiger partial charge in [0.25, 0.3) is 0 Å². The number of piperidine rings is 1. The lowest BCUT2D eigenvalue weighted by Gasteiger charge is -2.36. The van der Waals surface area contributed by atoms with Crippen LogP contribution in [0.2, 0.25) is 0 Å². The Labute approximate surface area is 173 Å². The number of rotatable bonds is 3. The lowest BCUT2D eigenvalue weighted by molar-refractivity contribution is -0.133. The molecule has 3 aliphatic heterocycles. The molecule has 3 unspecified atom stereocenters. The van der Waals surface area contributed by atoms with Crippen LogP contribution >= 0.6 is 12.4 Å². The number of benzene rings is 2. The summed E-state index contributed by atoms with van der Waals surface area (Å²) >= 11 is 0. The number of nitrogens with one attached hydrogen (secondary N) is 1. The van der Waals surface area contributed by atoms with Gasteiger partial charge in [0.05, 0.1) is 0 Å². The van der Waals surface area contributed by atoms with Crippen molar-refractivity contribution in [3.8, 4) is 0 Å². The van der Waals surface area contributed by atoms with E-state index in [1.807, 2.05) is 0 Å². The minimum absolute atomic E-state index is 0. The van der Waals surface area contributed by atoms with Crippen molar-refractivity contribution in [2.45, 2.75) is 56.7 Å². The molecular weight excluding hydrogens is 368 g/mol. The van der Waals surface area contributed by atoms with Crippen LogP contribution in [0.1, 0.15) is 54.7 Å². The van der Waals surface area contributed by atoms with Gasteiger partial charge in [-0.3, -0.25) is 4.79 Å². The Bertz CT molecular complexity index is 812. The maximum absolute atomic E-state index is 13.2. The predicted molar refractivity (Wildman–Crippen MR) is 115 cm³/mol. The van der Waals surface area contributed by atoms with Gasteiger partial charge in [-0.1, -0.05) is 54.6 Å². The van der Waals surface area contributed by atoms with E-state index >= 15 is 0 Å². The van der Waals surface area contributed by atoms with Crippen LogP contribution in [0.3, 0.4) is 0 Å². The Morgan fingerprint density at radius 2 is 1.64 bits per heavy atom. The molecule has 2 aromatic carbocycles. The predicted octanol–water partition coefficient (Wildman–Crippen LogP) is 4.50. The molecule has 4 heteroatoms. The standard InChI is InChI=1S/C24H28N2O.ClH/c27-24(14-17-12-20-10-11-21(13-17)25-20)26-15-19-8-4-5-9-22(19)23(16-26)18-6-2-1-3-7-18;/h1-9,17,20-21,23,25H,10-16H2;1H. The fourth-order valence-electron chi connectivity index (χ4n) is 5.49. The average Bonchev–Trinajstić information content (AvgIpc) is 3.06. The number of halogens is 1. The van der Waals surface area contributed by atoms with Crippen molar-refractivity contribution >= 4 is 18.3 Å². The molecule has 2 aromatic rings. The van der Waals surface area contributed by atoms with E-state index in [-0.39, 0.29) is 18.3 Å². The second-order valence-electron chi connectivity index (χ2n) is 8.62. The Morgan fingerprint density at radius 1 is 0.964 bits per heavy atom. The van der Waals surface area contributed by atoms with Crippen molar-refractivity contribution in [3.63, 3.8) is 0 Å². The van der Waals surface area contributed by atoms with Crippen LogP contribution in [-0.2, 0) is 11.3 Å². The monoisotopic (exact) mass is 396 g/mol. The lowest BCUT2D eigenvalue weighted by atomic mass is 9.84. The van der Waals surface area contributed by atoms with Crippen molar-refractivity contribution in [2.75, 3.05) is 6.54 Å². The number of hydrogen-bond acceptors (Lipinski definition) is 2. The zero-order valence-corrected chi connectivity index (χ0v) is 17.0. The van der Waals surface area contributed by atoms with E-state index in [9.17, 15) is 4.79 Å². The summed E-state index contributed by atoms with van der Waals surface area (Å²) in [5.41, 5.74) is 3.99. The summed E-state index contributed by atoms with van der Waals surface area (Å²) in [6, 6.07) is 20.6. The van der Waals surface area contributed by atoms with Gasteiger partial charge in [0.1, 0.15) is 0 Å². The molecule has 1 amide bonds. The number of amides is 1. The van der Waals surface area contributed by atoms with E-state index < -0.39 is 0 Å². The molecule has 3 aliphatic rings. The summed E-state index contributed by atoms with van der Waals surface area (Å²) in [4.78, 5) is 15.3. The minimum Gasteiger partial charge on any atom is -0.337 e. The van der Waals surface area contributed by atoms with Gasteiger partial charge >= 0.3 is 0 Å². The molecule has 0 spiro atoms. The van der Waals surface area contributed by atoms with Gasteiger partial charge in [-0.05, 0) is 48.3 Å². The second-order valence-corrected chi connectivity index (χ2v) is 8.62. The minimum atomic E-state index is 0. The molecule has 2 fully saturated rings. The van der Waals surface area contributed by atoms with Gasteiger partial charge in [0.2, 0.25) is 5.91 Å². The van der Waals surface area contributed by atoms with Gasteiger partial charge in [-0.15, -0.1) is 12.4 Å². The second kappa shape index (κ2) is 8.26. The first-order valence-electron chi connectivity index (χ1n) is 10.4. The van der Waals surface area contributed by atoms with Crippen LogP contribution in [-0.4, -0.2) is 29.4 Å². The van der Waals surface area contributed by atoms with Crippen molar-refractivity contribution in [3.05, 3.63) is 71.3 Å². The summed E-state index contributed by atoms with van der Waals surface area (Å²) < 4.78 is 0. The highest BCUT2D eigenvalue weighted by molar-refractivity contribution is 5.85. The lowest BCUT2D eigenvalue weighted by Crippen LogP contribution is -2.42. The highest BCUT2D eigenvalue weighted by Gasteiger charge is 2.36. The zero-order chi connectivity index (χ0) is 18.2. The largest absolute Gasteiger partial charge is 0.337 e. The van der Waals surface area contributed by atoms with Crippen molar-refractivity contribution in [1.29, 1.82) is 0 Å². The van der Waals surface area contributed by atoms with Crippen LogP contribution in [0.15, 0.2) is 54.6 Å². The number of nitrogens with zero attached hydrogens (tertiary/aromatic N) is 1. The van der Waals surface area contributed by atoms with E-state index in [2.05, 4.69) is 64.8 Å². The smallest absolute Gasteiger partial charge is 0.223 e. The molecule has 1 N–H and O–H groups in total. The molecule has 3 nitrogen and oxygen atoms in total. The maximum atomic E-state index is 13.2. The van der Waals surface area contributed by atoms with Gasteiger partial charge in [0, 0.05) is 37.5 Å². The number of carbonyl (C=O) groups excluding carboxylic acids is 1. The van der Waals surface area contributed by atoms with Gasteiger partial charge in [-0.2, -0.15) is 0 Å². The van der Waals surface area contributed by atoms with Crippen LogP contribution in [0.4, 0.5) is 0 Å². The molecule has 0 radical (unpaired) electrons. The highest BCUT2D eigenvalue weighted by Crippen LogP contribution is 2.36. The molecule has 2 bridgehead atoms. The van der Waals surface area contributed by atoms with Crippen molar-refractivity contribution in [1.82, 2.24) is 10.2 Å². The third-order valence-corrected chi connectivity index (χ3v) is 6.78. The van der Waals surface area contributed by atoms with E-state index in [0.717, 1.165) is 19.5 Å². The molecule has 5 rings (SSSR count). The summed E-state index contributed by atoms with van der Waals surface area (Å²) in [6.45, 7) is 1.56. The first kappa shape index (κ1) is 19.5. The quantitative estimate of drug-likeness (QED) is 0.828. The Balaban J connectivity index is 0.00000192. The molecule has 3 heterocycles. The fourth-order valence-corrected chi connectivity index (χ4v) is 5.49. The van der Waals surface area contributed by atoms with Crippen LogP contribution in [0.5, 0.6) is 0 Å². The summed E-state index contributed by atoms with van der Waals surface area (Å²) in [7, 11) is 0. The van der Waals surface area contributed by atoms with Gasteiger partial charge in [-0.25, -0.2) is 0 Å². The third kappa shape index (κ3) is 3.83. The molecule has 0 saturated carbocycles. The SMILES string of the molecule is Cl.O=C(CC1CC2CCC(C1)N2)N1Cc2ccccc2C(c2ccccc2)C1. The molecular formula is C24H29ClN2O. The van der Waals surface area contributed by atoms with Gasteiger partial charge in [0.15, 0.2) is 0 Å². The molecule has 2 saturated heterocycles. The first-order chi connectivity index (χ1) is 13.3. The van der Waals surface area contributed by atoms with E-state index in [0.29, 0.717) is 23.9 Å². The molecule has 28 heavy (non-hydrogen) atoms. The maximum Gasteiger partial charge on any atom is 0.223 e. The Kier molecular flexibility index (Phi) is 5.75. The molecule has 148 valence electrons. The van der Waals surface area contributed by atoms with E-state index in [1.54, 1.807) is 0 Å². The number of carbonyl (C=O) groups is 1. The van der Waals surface area contributed by atoms with Crippen LogP contribution in [0, 0.1) is 5.92 Å². The Morgan fingerprint density at radius 3 is 2.39 bits per heavy atom. The van der Waals surface area contributed by atoms with Crippen molar-refractivity contribution in [2.24, 2.45) is 5.92 Å². The Hall–Kier alpha value is -1.84. The average molecular weight is 397 g/mol.